The van der Waals surface area contributed by atoms with Crippen molar-refractivity contribution in [1.82, 2.24) is 9.61 Å². The summed E-state index contributed by atoms with van der Waals surface area (Å²) in [6.07, 6.45) is 9.33. The van der Waals surface area contributed by atoms with Gasteiger partial charge in [-0.05, 0) is 51.5 Å². The third-order valence-corrected chi connectivity index (χ3v) is 3.98. The summed E-state index contributed by atoms with van der Waals surface area (Å²) in [5.41, 5.74) is 9.58. The monoisotopic (exact) mass is 303 g/mol. The third-order valence-electron chi connectivity index (χ3n) is 3.37. The molecule has 2 aromatic rings. The summed E-state index contributed by atoms with van der Waals surface area (Å²) in [5, 5.41) is 4.23. The Balaban J connectivity index is 2.21. The van der Waals surface area contributed by atoms with Crippen LogP contribution < -0.4 is 5.73 Å². The first-order chi connectivity index (χ1) is 8.66. The molecule has 0 bridgehead atoms. The fourth-order valence-electron chi connectivity index (χ4n) is 2.38. The summed E-state index contributed by atoms with van der Waals surface area (Å²) >= 11 is 3.50. The van der Waals surface area contributed by atoms with Crippen LogP contribution in [0.1, 0.15) is 18.9 Å². The van der Waals surface area contributed by atoms with E-state index in [-0.39, 0.29) is 0 Å². The molecule has 0 amide bonds. The normalized spacial score (nSPS) is 19.2. The van der Waals surface area contributed by atoms with Crippen LogP contribution in [0.2, 0.25) is 0 Å². The van der Waals surface area contributed by atoms with Gasteiger partial charge >= 0.3 is 0 Å². The second-order valence-electron chi connectivity index (χ2n) is 4.65. The van der Waals surface area contributed by atoms with Gasteiger partial charge < -0.3 is 5.73 Å². The standard InChI is InChI=1S/C14H14BrN3/c1-9-4-2-3-5-11(9)10-6-13-12(15)8-17-18(13)14(16)7-10/h2-3,5-9H,4,16H2,1H3. The molecule has 3 nitrogen and oxygen atoms in total. The van der Waals surface area contributed by atoms with Gasteiger partial charge in [0.2, 0.25) is 0 Å². The molecule has 0 saturated heterocycles. The average molecular weight is 304 g/mol. The lowest BCUT2D eigenvalue weighted by molar-refractivity contribution is 0.758. The molecule has 0 saturated carbocycles. The second-order valence-corrected chi connectivity index (χ2v) is 5.50. The number of pyridine rings is 1. The van der Waals surface area contributed by atoms with Crippen LogP contribution in [-0.2, 0) is 0 Å². The number of nitrogen functional groups attached to an aromatic ring is 1. The van der Waals surface area contributed by atoms with Crippen LogP contribution in [0, 0.1) is 5.92 Å². The van der Waals surface area contributed by atoms with Gasteiger partial charge in [0.25, 0.3) is 0 Å². The van der Waals surface area contributed by atoms with Crippen LogP contribution in [0.4, 0.5) is 5.82 Å². The smallest absolute Gasteiger partial charge is 0.126 e. The minimum atomic E-state index is 0.526. The summed E-state index contributed by atoms with van der Waals surface area (Å²) in [4.78, 5) is 0. The molecule has 2 aromatic heterocycles. The summed E-state index contributed by atoms with van der Waals surface area (Å²) < 4.78 is 2.72. The fourth-order valence-corrected chi connectivity index (χ4v) is 2.75. The molecule has 0 fully saturated rings. The number of anilines is 1. The molecule has 92 valence electrons. The van der Waals surface area contributed by atoms with Crippen LogP contribution in [0.25, 0.3) is 11.1 Å². The maximum absolute atomic E-state index is 6.06. The summed E-state index contributed by atoms with van der Waals surface area (Å²) in [6, 6.07) is 4.13. The first-order valence-electron chi connectivity index (χ1n) is 5.96. The molecule has 18 heavy (non-hydrogen) atoms. The van der Waals surface area contributed by atoms with Gasteiger partial charge in [-0.25, -0.2) is 4.52 Å². The van der Waals surface area contributed by atoms with Gasteiger partial charge in [-0.15, -0.1) is 0 Å². The minimum Gasteiger partial charge on any atom is -0.384 e. The summed E-state index contributed by atoms with van der Waals surface area (Å²) in [5.74, 6) is 1.19. The van der Waals surface area contributed by atoms with E-state index >= 15 is 0 Å². The third kappa shape index (κ3) is 1.77. The fraction of sp³-hybridized carbons (Fsp3) is 0.214. The zero-order valence-electron chi connectivity index (χ0n) is 10.1. The van der Waals surface area contributed by atoms with Crippen LogP contribution in [0.3, 0.4) is 0 Å². The largest absolute Gasteiger partial charge is 0.384 e. The Kier molecular flexibility index (Phi) is 2.74. The molecule has 0 spiro atoms. The lowest BCUT2D eigenvalue weighted by Crippen LogP contribution is -2.04. The van der Waals surface area contributed by atoms with Crippen molar-refractivity contribution in [3.8, 4) is 0 Å². The number of halogens is 1. The highest BCUT2D eigenvalue weighted by Gasteiger charge is 2.14. The van der Waals surface area contributed by atoms with Gasteiger partial charge in [-0.3, -0.25) is 0 Å². The van der Waals surface area contributed by atoms with Crippen molar-refractivity contribution in [2.75, 3.05) is 5.73 Å². The lowest BCUT2D eigenvalue weighted by Gasteiger charge is -2.18. The van der Waals surface area contributed by atoms with Crippen LogP contribution >= 0.6 is 15.9 Å². The van der Waals surface area contributed by atoms with Crippen LogP contribution in [0.15, 0.2) is 41.0 Å². The van der Waals surface area contributed by atoms with Crippen molar-refractivity contribution in [2.45, 2.75) is 13.3 Å². The molecule has 2 heterocycles. The van der Waals surface area contributed by atoms with E-state index in [1.165, 1.54) is 11.1 Å². The maximum Gasteiger partial charge on any atom is 0.126 e. The van der Waals surface area contributed by atoms with Gasteiger partial charge in [-0.2, -0.15) is 5.10 Å². The zero-order valence-corrected chi connectivity index (χ0v) is 11.7. The number of aromatic nitrogens is 2. The predicted molar refractivity (Wildman–Crippen MR) is 78.2 cm³/mol. The van der Waals surface area contributed by atoms with Crippen molar-refractivity contribution in [1.29, 1.82) is 0 Å². The number of rotatable bonds is 1. The molecular weight excluding hydrogens is 290 g/mol. The second kappa shape index (κ2) is 4.28. The number of hydrogen-bond acceptors (Lipinski definition) is 2. The molecule has 1 atom stereocenters. The highest BCUT2D eigenvalue weighted by molar-refractivity contribution is 9.10. The zero-order chi connectivity index (χ0) is 12.7. The quantitative estimate of drug-likeness (QED) is 0.873. The molecule has 0 aromatic carbocycles. The molecule has 1 aliphatic carbocycles. The molecule has 1 unspecified atom stereocenters. The molecule has 3 rings (SSSR count). The van der Waals surface area contributed by atoms with E-state index in [9.17, 15) is 0 Å². The highest BCUT2D eigenvalue weighted by atomic mass is 79.9. The van der Waals surface area contributed by atoms with Gasteiger partial charge in [0.05, 0.1) is 16.2 Å². The van der Waals surface area contributed by atoms with Crippen molar-refractivity contribution >= 4 is 32.8 Å². The maximum atomic E-state index is 6.06. The van der Waals surface area contributed by atoms with Crippen LogP contribution in [-0.4, -0.2) is 9.61 Å². The Hall–Kier alpha value is -1.55. The Bertz CT molecular complexity index is 667. The number of fused-ring (bicyclic) bond motifs is 1. The minimum absolute atomic E-state index is 0.526. The van der Waals surface area contributed by atoms with E-state index in [0.29, 0.717) is 11.7 Å². The van der Waals surface area contributed by atoms with E-state index in [2.05, 4.69) is 52.2 Å². The Morgan fingerprint density at radius 1 is 1.44 bits per heavy atom. The van der Waals surface area contributed by atoms with Gasteiger partial charge in [-0.1, -0.05) is 25.2 Å². The van der Waals surface area contributed by atoms with Crippen molar-refractivity contribution < 1.29 is 0 Å². The van der Waals surface area contributed by atoms with Crippen molar-refractivity contribution in [2.24, 2.45) is 5.92 Å². The lowest BCUT2D eigenvalue weighted by atomic mass is 9.88. The number of nitrogens with zero attached hydrogens (tertiary/aromatic N) is 2. The average Bonchev–Trinajstić information content (AvgIpc) is 2.72. The van der Waals surface area contributed by atoms with E-state index in [1.807, 2.05) is 6.07 Å². The summed E-state index contributed by atoms with van der Waals surface area (Å²) in [7, 11) is 0. The van der Waals surface area contributed by atoms with E-state index < -0.39 is 0 Å². The summed E-state index contributed by atoms with van der Waals surface area (Å²) in [6.45, 7) is 2.24. The molecular formula is C14H14BrN3. The molecule has 0 radical (unpaired) electrons. The van der Waals surface area contributed by atoms with E-state index in [0.717, 1.165) is 16.4 Å². The van der Waals surface area contributed by atoms with E-state index in [4.69, 9.17) is 5.73 Å². The number of nitrogens with two attached hydrogens (primary N) is 1. The Morgan fingerprint density at radius 2 is 2.28 bits per heavy atom. The molecule has 2 N–H and O–H groups in total. The SMILES string of the molecule is CC1CC=CC=C1c1cc(N)n2ncc(Br)c2c1. The first-order valence-corrected chi connectivity index (χ1v) is 6.76. The topological polar surface area (TPSA) is 43.3 Å². The van der Waals surface area contributed by atoms with Crippen LogP contribution in [0.5, 0.6) is 0 Å². The predicted octanol–water partition coefficient (Wildman–Crippen LogP) is 3.66. The van der Waals surface area contributed by atoms with Gasteiger partial charge in [0, 0.05) is 0 Å². The Labute approximate surface area is 114 Å². The van der Waals surface area contributed by atoms with Gasteiger partial charge in [0.15, 0.2) is 0 Å². The van der Waals surface area contributed by atoms with E-state index in [1.54, 1.807) is 10.7 Å². The molecule has 1 aliphatic rings. The highest BCUT2D eigenvalue weighted by Crippen LogP contribution is 2.32. The van der Waals surface area contributed by atoms with Crippen molar-refractivity contribution in [3.63, 3.8) is 0 Å². The van der Waals surface area contributed by atoms with Gasteiger partial charge in [0.1, 0.15) is 5.82 Å². The first kappa shape index (κ1) is 11.5. The Morgan fingerprint density at radius 3 is 3.06 bits per heavy atom. The molecule has 4 heteroatoms. The molecule has 0 aliphatic heterocycles. The number of allylic oxidation sites excluding steroid dienone is 4. The number of hydrogen-bond donors (Lipinski definition) is 1. The van der Waals surface area contributed by atoms with Crippen molar-refractivity contribution in [3.05, 3.63) is 46.6 Å².